The molecule has 0 heterocycles. The summed E-state index contributed by atoms with van der Waals surface area (Å²) < 4.78 is 9.91. The third kappa shape index (κ3) is 2.06. The molecule has 1 aliphatic rings. The van der Waals surface area contributed by atoms with E-state index in [0.29, 0.717) is 6.42 Å². The Kier molecular flexibility index (Phi) is 3.23. The minimum atomic E-state index is -1.03. The van der Waals surface area contributed by atoms with Gasteiger partial charge in [0.1, 0.15) is 0 Å². The third-order valence-corrected chi connectivity index (χ3v) is 3.07. The minimum Gasteiger partial charge on any atom is -0.434 e. The number of rotatable bonds is 2. The lowest BCUT2D eigenvalue weighted by molar-refractivity contribution is -0.0549. The molecule has 0 aromatic carbocycles. The van der Waals surface area contributed by atoms with Gasteiger partial charge in [0.2, 0.25) is 0 Å². The van der Waals surface area contributed by atoms with E-state index in [1.807, 2.05) is 13.8 Å². The summed E-state index contributed by atoms with van der Waals surface area (Å²) in [6, 6.07) is 0. The minimum absolute atomic E-state index is 0.271. The monoisotopic (exact) mass is 211 g/mol. The van der Waals surface area contributed by atoms with Crippen molar-refractivity contribution in [3.63, 3.8) is 0 Å². The van der Waals surface area contributed by atoms with Gasteiger partial charge in [0.25, 0.3) is 0 Å². The lowest BCUT2D eigenvalue weighted by Crippen LogP contribution is -2.41. The Morgan fingerprint density at radius 3 is 2.53 bits per heavy atom. The van der Waals surface area contributed by atoms with Crippen molar-refractivity contribution in [2.75, 3.05) is 6.61 Å². The van der Waals surface area contributed by atoms with Crippen LogP contribution in [-0.2, 0) is 9.47 Å². The maximum absolute atomic E-state index is 11.3. The van der Waals surface area contributed by atoms with Gasteiger partial charge in [-0.3, -0.25) is 4.85 Å². The Hall–Kier alpha value is -1.24. The lowest BCUT2D eigenvalue weighted by atomic mass is 9.84. The second kappa shape index (κ2) is 4.09. The van der Waals surface area contributed by atoms with Crippen LogP contribution in [0.4, 0.5) is 4.79 Å². The summed E-state index contributed by atoms with van der Waals surface area (Å²) in [5, 5.41) is 0. The fourth-order valence-electron chi connectivity index (χ4n) is 2.01. The van der Waals surface area contributed by atoms with Gasteiger partial charge in [-0.1, -0.05) is 0 Å². The molecule has 0 aromatic heterocycles. The predicted molar refractivity (Wildman–Crippen MR) is 55.1 cm³/mol. The molecule has 1 unspecified atom stereocenters. The zero-order valence-electron chi connectivity index (χ0n) is 9.50. The first-order chi connectivity index (χ1) is 6.97. The number of carbonyl (C=O) groups excluding carboxylic acids is 1. The highest BCUT2D eigenvalue weighted by molar-refractivity contribution is 5.61. The topological polar surface area (TPSA) is 39.9 Å². The van der Waals surface area contributed by atoms with Gasteiger partial charge in [0, 0.05) is 0 Å². The molecule has 0 spiro atoms. The van der Waals surface area contributed by atoms with Crippen LogP contribution in [0.2, 0.25) is 0 Å². The molecule has 0 aromatic rings. The van der Waals surface area contributed by atoms with Gasteiger partial charge in [-0.25, -0.2) is 11.4 Å². The Bertz CT molecular complexity index is 293. The fourth-order valence-corrected chi connectivity index (χ4v) is 2.01. The maximum atomic E-state index is 11.3. The highest BCUT2D eigenvalue weighted by Gasteiger charge is 2.59. The van der Waals surface area contributed by atoms with Gasteiger partial charge in [-0.05, 0) is 33.6 Å². The van der Waals surface area contributed by atoms with Crippen LogP contribution >= 0.6 is 0 Å². The quantitative estimate of drug-likeness (QED) is 0.520. The van der Waals surface area contributed by atoms with E-state index in [1.54, 1.807) is 6.92 Å². The van der Waals surface area contributed by atoms with Crippen LogP contribution < -0.4 is 0 Å². The Balaban J connectivity index is 2.79. The number of carbonyl (C=O) groups is 1. The van der Waals surface area contributed by atoms with E-state index >= 15 is 0 Å². The summed E-state index contributed by atoms with van der Waals surface area (Å²) in [5.41, 5.74) is -1.32. The van der Waals surface area contributed by atoms with E-state index < -0.39 is 11.9 Å². The molecular formula is C11H17NO3. The predicted octanol–water partition coefficient (Wildman–Crippen LogP) is 2.99. The molecule has 84 valence electrons. The Morgan fingerprint density at radius 1 is 1.47 bits per heavy atom. The number of hydrogen-bond donors (Lipinski definition) is 0. The molecule has 0 amide bonds. The van der Waals surface area contributed by atoms with E-state index in [2.05, 4.69) is 4.85 Å². The molecule has 1 rings (SSSR count). The molecule has 0 saturated heterocycles. The second-order valence-electron chi connectivity index (χ2n) is 4.42. The summed E-state index contributed by atoms with van der Waals surface area (Å²) in [5.74, 6) is 0. The van der Waals surface area contributed by atoms with E-state index in [4.69, 9.17) is 16.0 Å². The highest BCUT2D eigenvalue weighted by atomic mass is 16.7. The summed E-state index contributed by atoms with van der Waals surface area (Å²) in [6.07, 6.45) is 1.68. The first kappa shape index (κ1) is 11.8. The van der Waals surface area contributed by atoms with Crippen molar-refractivity contribution in [3.05, 3.63) is 11.4 Å². The van der Waals surface area contributed by atoms with Crippen LogP contribution in [0.25, 0.3) is 4.85 Å². The summed E-state index contributed by atoms with van der Waals surface area (Å²) in [6.45, 7) is 13.1. The SMILES string of the molecule is [C-]#[N+]C1(OC(=O)OCC)CCCC1(C)C. The van der Waals surface area contributed by atoms with E-state index in [1.165, 1.54) is 0 Å². The van der Waals surface area contributed by atoms with Gasteiger partial charge in [-0.2, -0.15) is 0 Å². The zero-order valence-corrected chi connectivity index (χ0v) is 9.50. The van der Waals surface area contributed by atoms with Crippen LogP contribution in [0.1, 0.15) is 40.0 Å². The highest BCUT2D eigenvalue weighted by Crippen LogP contribution is 2.49. The van der Waals surface area contributed by atoms with Gasteiger partial charge < -0.3 is 9.47 Å². The van der Waals surface area contributed by atoms with Gasteiger partial charge in [-0.15, -0.1) is 0 Å². The van der Waals surface area contributed by atoms with Crippen molar-refractivity contribution in [1.29, 1.82) is 0 Å². The smallest absolute Gasteiger partial charge is 0.434 e. The van der Waals surface area contributed by atoms with Crippen molar-refractivity contribution in [2.24, 2.45) is 5.41 Å². The molecular weight excluding hydrogens is 194 g/mol. The van der Waals surface area contributed by atoms with Crippen molar-refractivity contribution in [1.82, 2.24) is 0 Å². The Labute approximate surface area is 90.4 Å². The normalized spacial score (nSPS) is 28.1. The number of ether oxygens (including phenoxy) is 2. The molecule has 0 N–H and O–H groups in total. The Morgan fingerprint density at radius 2 is 2.13 bits per heavy atom. The van der Waals surface area contributed by atoms with Crippen molar-refractivity contribution < 1.29 is 14.3 Å². The van der Waals surface area contributed by atoms with Crippen LogP contribution in [0.15, 0.2) is 0 Å². The average Bonchev–Trinajstić information content (AvgIpc) is 2.43. The van der Waals surface area contributed by atoms with Crippen molar-refractivity contribution in [3.8, 4) is 0 Å². The largest absolute Gasteiger partial charge is 0.514 e. The molecule has 1 saturated carbocycles. The summed E-state index contributed by atoms with van der Waals surface area (Å²) in [7, 11) is 0. The molecule has 0 radical (unpaired) electrons. The molecule has 1 atom stereocenters. The molecule has 1 fully saturated rings. The van der Waals surface area contributed by atoms with E-state index in [-0.39, 0.29) is 12.0 Å². The van der Waals surface area contributed by atoms with Crippen LogP contribution in [0, 0.1) is 12.0 Å². The van der Waals surface area contributed by atoms with Crippen LogP contribution in [0.3, 0.4) is 0 Å². The van der Waals surface area contributed by atoms with E-state index in [0.717, 1.165) is 12.8 Å². The maximum Gasteiger partial charge on any atom is 0.514 e. The second-order valence-corrected chi connectivity index (χ2v) is 4.42. The zero-order chi connectivity index (χ0) is 11.5. The van der Waals surface area contributed by atoms with Gasteiger partial charge >= 0.3 is 11.9 Å². The van der Waals surface area contributed by atoms with Gasteiger partial charge in [0.05, 0.1) is 18.4 Å². The number of hydrogen-bond acceptors (Lipinski definition) is 3. The average molecular weight is 211 g/mol. The third-order valence-electron chi connectivity index (χ3n) is 3.07. The molecule has 0 bridgehead atoms. The van der Waals surface area contributed by atoms with E-state index in [9.17, 15) is 4.79 Å². The first-order valence-electron chi connectivity index (χ1n) is 5.22. The first-order valence-corrected chi connectivity index (χ1v) is 5.22. The van der Waals surface area contributed by atoms with Crippen LogP contribution in [0.5, 0.6) is 0 Å². The fraction of sp³-hybridized carbons (Fsp3) is 0.818. The standard InChI is InChI=1S/C11H17NO3/c1-5-14-9(13)15-11(12-4)8-6-7-10(11,2)3/h5-8H2,1-3H3. The molecule has 4 heteroatoms. The van der Waals surface area contributed by atoms with Crippen molar-refractivity contribution >= 4 is 6.16 Å². The number of nitrogens with zero attached hydrogens (tertiary/aromatic N) is 1. The molecule has 0 aliphatic heterocycles. The molecule has 4 nitrogen and oxygen atoms in total. The summed E-state index contributed by atoms with van der Waals surface area (Å²) >= 11 is 0. The van der Waals surface area contributed by atoms with Crippen LogP contribution in [-0.4, -0.2) is 18.5 Å². The van der Waals surface area contributed by atoms with Crippen molar-refractivity contribution in [2.45, 2.75) is 45.8 Å². The molecule has 15 heavy (non-hydrogen) atoms. The van der Waals surface area contributed by atoms with Gasteiger partial charge in [0.15, 0.2) is 0 Å². The lowest BCUT2D eigenvalue weighted by Gasteiger charge is -2.28. The molecule has 1 aliphatic carbocycles. The summed E-state index contributed by atoms with van der Waals surface area (Å²) in [4.78, 5) is 14.8.